The number of carbonyl (C=O) groups excluding carboxylic acids is 2. The number of ether oxygens (including phenoxy) is 2. The van der Waals surface area contributed by atoms with Crippen LogP contribution in [-0.4, -0.2) is 60.5 Å². The molecule has 0 atom stereocenters. The van der Waals surface area contributed by atoms with Crippen molar-refractivity contribution in [2.24, 2.45) is 0 Å². The van der Waals surface area contributed by atoms with E-state index in [0.717, 1.165) is 0 Å². The Hall–Kier alpha value is -1.95. The molecule has 1 aromatic carbocycles. The molecule has 0 saturated carbocycles. The number of amides is 2. The van der Waals surface area contributed by atoms with Crippen LogP contribution in [0.2, 0.25) is 0 Å². The fourth-order valence-electron chi connectivity index (χ4n) is 2.75. The molecule has 2 amide bonds. The zero-order chi connectivity index (χ0) is 16.2. The van der Waals surface area contributed by atoms with Crippen molar-refractivity contribution in [1.82, 2.24) is 9.80 Å². The van der Waals surface area contributed by atoms with Crippen molar-refractivity contribution >= 4 is 23.4 Å². The van der Waals surface area contributed by atoms with Crippen molar-refractivity contribution in [3.8, 4) is 11.5 Å². The van der Waals surface area contributed by atoms with Crippen molar-refractivity contribution in [3.63, 3.8) is 0 Å². The molecule has 0 spiro atoms. The van der Waals surface area contributed by atoms with E-state index in [1.807, 2.05) is 0 Å². The van der Waals surface area contributed by atoms with E-state index in [-0.39, 0.29) is 18.6 Å². The highest BCUT2D eigenvalue weighted by molar-refractivity contribution is 6.17. The lowest BCUT2D eigenvalue weighted by atomic mass is 10.1. The van der Waals surface area contributed by atoms with Crippen molar-refractivity contribution in [2.75, 3.05) is 38.9 Å². The molecule has 23 heavy (non-hydrogen) atoms. The molecule has 2 heterocycles. The number of alkyl halides is 1. The Balaban J connectivity index is 1.57. The predicted octanol–water partition coefficient (Wildman–Crippen LogP) is 1.72. The Kier molecular flexibility index (Phi) is 4.91. The van der Waals surface area contributed by atoms with E-state index in [2.05, 4.69) is 0 Å². The summed E-state index contributed by atoms with van der Waals surface area (Å²) in [6, 6.07) is 5.21. The maximum Gasteiger partial charge on any atom is 0.254 e. The topological polar surface area (TPSA) is 59.1 Å². The van der Waals surface area contributed by atoms with Gasteiger partial charge in [-0.1, -0.05) is 0 Å². The molecule has 0 unspecified atom stereocenters. The van der Waals surface area contributed by atoms with Crippen LogP contribution in [0, 0.1) is 0 Å². The monoisotopic (exact) mass is 338 g/mol. The highest BCUT2D eigenvalue weighted by Gasteiger charge is 2.25. The molecule has 2 aliphatic rings. The Bertz CT molecular complexity index is 600. The summed E-state index contributed by atoms with van der Waals surface area (Å²) in [5, 5.41) is 0. The average Bonchev–Trinajstić information content (AvgIpc) is 3.06. The van der Waals surface area contributed by atoms with Gasteiger partial charge in [0.05, 0.1) is 0 Å². The molecule has 1 fully saturated rings. The lowest BCUT2D eigenvalue weighted by molar-refractivity contribution is -0.132. The van der Waals surface area contributed by atoms with Crippen LogP contribution in [0.1, 0.15) is 23.2 Å². The van der Waals surface area contributed by atoms with Gasteiger partial charge in [-0.25, -0.2) is 0 Å². The number of fused-ring (bicyclic) bond motifs is 1. The maximum atomic E-state index is 12.6. The first-order valence-corrected chi connectivity index (χ1v) is 8.25. The molecule has 0 radical (unpaired) electrons. The van der Waals surface area contributed by atoms with Gasteiger partial charge in [0.1, 0.15) is 0 Å². The third-order valence-corrected chi connectivity index (χ3v) is 4.33. The lowest BCUT2D eigenvalue weighted by Crippen LogP contribution is -2.50. The fourth-order valence-corrected chi connectivity index (χ4v) is 2.88. The van der Waals surface area contributed by atoms with E-state index < -0.39 is 0 Å². The summed E-state index contributed by atoms with van der Waals surface area (Å²) >= 11 is 5.61. The van der Waals surface area contributed by atoms with E-state index in [0.29, 0.717) is 62.0 Å². The first-order chi connectivity index (χ1) is 11.2. The van der Waals surface area contributed by atoms with E-state index >= 15 is 0 Å². The number of benzene rings is 1. The normalized spacial score (nSPS) is 16.6. The lowest BCUT2D eigenvalue weighted by Gasteiger charge is -2.35. The maximum absolute atomic E-state index is 12.6. The minimum atomic E-state index is -0.0452. The van der Waals surface area contributed by atoms with Gasteiger partial charge in [0.2, 0.25) is 12.7 Å². The van der Waals surface area contributed by atoms with Crippen LogP contribution >= 0.6 is 11.6 Å². The molecule has 2 aliphatic heterocycles. The molecule has 0 bridgehead atoms. The predicted molar refractivity (Wildman–Crippen MR) is 85.0 cm³/mol. The molecule has 0 aliphatic carbocycles. The van der Waals surface area contributed by atoms with E-state index in [9.17, 15) is 9.59 Å². The van der Waals surface area contributed by atoms with Gasteiger partial charge in [-0.05, 0) is 24.6 Å². The van der Waals surface area contributed by atoms with Crippen LogP contribution in [0.4, 0.5) is 0 Å². The van der Waals surface area contributed by atoms with Gasteiger partial charge in [-0.3, -0.25) is 9.59 Å². The molecule has 6 nitrogen and oxygen atoms in total. The van der Waals surface area contributed by atoms with Gasteiger partial charge in [0.25, 0.3) is 5.91 Å². The number of nitrogens with zero attached hydrogens (tertiary/aromatic N) is 2. The average molecular weight is 339 g/mol. The molecular formula is C16H19ClN2O4. The second kappa shape index (κ2) is 7.08. The van der Waals surface area contributed by atoms with Crippen LogP contribution in [-0.2, 0) is 4.79 Å². The summed E-state index contributed by atoms with van der Waals surface area (Å²) in [4.78, 5) is 28.1. The van der Waals surface area contributed by atoms with Crippen molar-refractivity contribution < 1.29 is 19.1 Å². The fraction of sp³-hybridized carbons (Fsp3) is 0.500. The van der Waals surface area contributed by atoms with Crippen molar-refractivity contribution in [2.45, 2.75) is 12.8 Å². The first kappa shape index (κ1) is 15.9. The molecular weight excluding hydrogens is 320 g/mol. The van der Waals surface area contributed by atoms with Gasteiger partial charge in [0, 0.05) is 44.0 Å². The molecule has 124 valence electrons. The van der Waals surface area contributed by atoms with Gasteiger partial charge in [-0.15, -0.1) is 11.6 Å². The zero-order valence-corrected chi connectivity index (χ0v) is 13.6. The number of carbonyl (C=O) groups is 2. The quantitative estimate of drug-likeness (QED) is 0.784. The zero-order valence-electron chi connectivity index (χ0n) is 12.8. The van der Waals surface area contributed by atoms with Crippen LogP contribution < -0.4 is 9.47 Å². The number of rotatable bonds is 4. The van der Waals surface area contributed by atoms with Crippen LogP contribution in [0.15, 0.2) is 18.2 Å². The molecule has 3 rings (SSSR count). The largest absolute Gasteiger partial charge is 0.454 e. The Labute approximate surface area is 139 Å². The van der Waals surface area contributed by atoms with Gasteiger partial charge < -0.3 is 19.3 Å². The smallest absolute Gasteiger partial charge is 0.254 e. The standard InChI is InChI=1S/C16H19ClN2O4/c17-5-1-2-15(20)18-6-8-19(9-7-18)16(21)12-3-4-13-14(10-12)23-11-22-13/h3-4,10H,1-2,5-9,11H2. The Morgan fingerprint density at radius 1 is 1.04 bits per heavy atom. The van der Waals surface area contributed by atoms with Crippen LogP contribution in [0.25, 0.3) is 0 Å². The molecule has 7 heteroatoms. The molecule has 1 aromatic rings. The molecule has 1 saturated heterocycles. The highest BCUT2D eigenvalue weighted by atomic mass is 35.5. The minimum absolute atomic E-state index is 0.0452. The first-order valence-electron chi connectivity index (χ1n) is 7.71. The van der Waals surface area contributed by atoms with Gasteiger partial charge >= 0.3 is 0 Å². The minimum Gasteiger partial charge on any atom is -0.454 e. The molecule has 0 aromatic heterocycles. The second-order valence-corrected chi connectivity index (χ2v) is 5.91. The van der Waals surface area contributed by atoms with Gasteiger partial charge in [-0.2, -0.15) is 0 Å². The summed E-state index contributed by atoms with van der Waals surface area (Å²) in [6.45, 7) is 2.41. The summed E-state index contributed by atoms with van der Waals surface area (Å²) in [6.07, 6.45) is 1.16. The summed E-state index contributed by atoms with van der Waals surface area (Å²) in [5.41, 5.74) is 0.580. The van der Waals surface area contributed by atoms with Crippen LogP contribution in [0.5, 0.6) is 11.5 Å². The van der Waals surface area contributed by atoms with Crippen molar-refractivity contribution in [1.29, 1.82) is 0 Å². The highest BCUT2D eigenvalue weighted by Crippen LogP contribution is 2.32. The summed E-state index contributed by atoms with van der Waals surface area (Å²) in [5.74, 6) is 1.83. The SMILES string of the molecule is O=C(CCCCl)N1CCN(C(=O)c2ccc3c(c2)OCO3)CC1. The van der Waals surface area contributed by atoms with Crippen LogP contribution in [0.3, 0.4) is 0 Å². The van der Waals surface area contributed by atoms with Gasteiger partial charge in [0.15, 0.2) is 11.5 Å². The Morgan fingerprint density at radius 3 is 2.48 bits per heavy atom. The number of hydrogen-bond acceptors (Lipinski definition) is 4. The van der Waals surface area contributed by atoms with Crippen molar-refractivity contribution in [3.05, 3.63) is 23.8 Å². The van der Waals surface area contributed by atoms with E-state index in [4.69, 9.17) is 21.1 Å². The summed E-state index contributed by atoms with van der Waals surface area (Å²) < 4.78 is 10.6. The third kappa shape index (κ3) is 3.52. The second-order valence-electron chi connectivity index (χ2n) is 5.53. The number of piperazine rings is 1. The third-order valence-electron chi connectivity index (χ3n) is 4.06. The van der Waals surface area contributed by atoms with E-state index in [1.165, 1.54) is 0 Å². The Morgan fingerprint density at radius 2 is 1.74 bits per heavy atom. The van der Waals surface area contributed by atoms with E-state index in [1.54, 1.807) is 28.0 Å². The number of halogens is 1. The summed E-state index contributed by atoms with van der Waals surface area (Å²) in [7, 11) is 0. The molecule has 0 N–H and O–H groups in total. The number of hydrogen-bond donors (Lipinski definition) is 0.